The van der Waals surface area contributed by atoms with Crippen LogP contribution in [-0.4, -0.2) is 4.98 Å². The lowest BCUT2D eigenvalue weighted by Crippen LogP contribution is -2.08. The predicted octanol–water partition coefficient (Wildman–Crippen LogP) is 4.75. The van der Waals surface area contributed by atoms with E-state index < -0.39 is 0 Å². The minimum Gasteiger partial charge on any atom is -0.397 e. The Labute approximate surface area is 132 Å². The van der Waals surface area contributed by atoms with E-state index >= 15 is 0 Å². The number of benzene rings is 2. The molecule has 0 bridgehead atoms. The molecule has 0 radical (unpaired) electrons. The molecule has 0 saturated heterocycles. The molecular weight excluding hydrogens is 326 g/mol. The van der Waals surface area contributed by atoms with E-state index in [4.69, 9.17) is 5.73 Å². The van der Waals surface area contributed by atoms with E-state index in [0.717, 1.165) is 26.8 Å². The zero-order valence-electron chi connectivity index (χ0n) is 11.7. The Hall–Kier alpha value is -2.07. The van der Waals surface area contributed by atoms with Crippen LogP contribution in [0.15, 0.2) is 59.2 Å². The SMILES string of the molecule is CC(Nc1ccc2ncccc2c1N)c1cccc(Br)c1. The van der Waals surface area contributed by atoms with Crippen molar-refractivity contribution in [3.05, 3.63) is 64.8 Å². The van der Waals surface area contributed by atoms with Crippen molar-refractivity contribution in [2.24, 2.45) is 0 Å². The monoisotopic (exact) mass is 341 g/mol. The van der Waals surface area contributed by atoms with Crippen molar-refractivity contribution in [1.82, 2.24) is 4.98 Å². The molecule has 0 saturated carbocycles. The van der Waals surface area contributed by atoms with E-state index in [2.05, 4.69) is 45.3 Å². The lowest BCUT2D eigenvalue weighted by Gasteiger charge is -2.18. The fraction of sp³-hybridized carbons (Fsp3) is 0.118. The van der Waals surface area contributed by atoms with E-state index in [1.54, 1.807) is 6.20 Å². The molecule has 21 heavy (non-hydrogen) atoms. The summed E-state index contributed by atoms with van der Waals surface area (Å²) in [4.78, 5) is 4.32. The highest BCUT2D eigenvalue weighted by atomic mass is 79.9. The summed E-state index contributed by atoms with van der Waals surface area (Å²) in [5.74, 6) is 0. The molecule has 106 valence electrons. The first kappa shape index (κ1) is 13.9. The third kappa shape index (κ3) is 2.85. The van der Waals surface area contributed by atoms with E-state index in [1.807, 2.05) is 36.4 Å². The van der Waals surface area contributed by atoms with Gasteiger partial charge in [-0.1, -0.05) is 28.1 Å². The highest BCUT2D eigenvalue weighted by Gasteiger charge is 2.09. The second kappa shape index (κ2) is 5.74. The van der Waals surface area contributed by atoms with Crippen LogP contribution in [0.25, 0.3) is 10.9 Å². The summed E-state index contributed by atoms with van der Waals surface area (Å²) in [5, 5.41) is 4.45. The Morgan fingerprint density at radius 3 is 2.81 bits per heavy atom. The van der Waals surface area contributed by atoms with Gasteiger partial charge in [0.15, 0.2) is 0 Å². The van der Waals surface area contributed by atoms with Gasteiger partial charge in [-0.05, 0) is 48.9 Å². The van der Waals surface area contributed by atoms with E-state index in [-0.39, 0.29) is 6.04 Å². The number of rotatable bonds is 3. The third-order valence-electron chi connectivity index (χ3n) is 3.55. The quantitative estimate of drug-likeness (QED) is 0.675. The van der Waals surface area contributed by atoms with Gasteiger partial charge in [0.2, 0.25) is 0 Å². The zero-order chi connectivity index (χ0) is 14.8. The normalized spacial score (nSPS) is 12.3. The molecule has 0 spiro atoms. The number of fused-ring (bicyclic) bond motifs is 1. The smallest absolute Gasteiger partial charge is 0.0724 e. The number of nitrogen functional groups attached to an aromatic ring is 1. The van der Waals surface area contributed by atoms with Gasteiger partial charge in [-0.3, -0.25) is 4.98 Å². The van der Waals surface area contributed by atoms with Gasteiger partial charge in [0.25, 0.3) is 0 Å². The zero-order valence-corrected chi connectivity index (χ0v) is 13.3. The van der Waals surface area contributed by atoms with Gasteiger partial charge < -0.3 is 11.1 Å². The molecule has 1 aromatic heterocycles. The molecule has 0 aliphatic heterocycles. The molecule has 3 nitrogen and oxygen atoms in total. The number of nitrogens with two attached hydrogens (primary N) is 1. The lowest BCUT2D eigenvalue weighted by atomic mass is 10.1. The molecule has 4 heteroatoms. The summed E-state index contributed by atoms with van der Waals surface area (Å²) in [6.07, 6.45) is 1.78. The Bertz CT molecular complexity index is 786. The van der Waals surface area contributed by atoms with Gasteiger partial charge in [0.05, 0.1) is 16.9 Å². The molecule has 3 rings (SSSR count). The van der Waals surface area contributed by atoms with Crippen LogP contribution >= 0.6 is 15.9 Å². The van der Waals surface area contributed by atoms with Crippen molar-refractivity contribution in [1.29, 1.82) is 0 Å². The average molecular weight is 342 g/mol. The van der Waals surface area contributed by atoms with Crippen molar-refractivity contribution >= 4 is 38.2 Å². The molecule has 1 unspecified atom stereocenters. The maximum absolute atomic E-state index is 6.26. The summed E-state index contributed by atoms with van der Waals surface area (Å²) in [5.41, 5.74) is 10.1. The van der Waals surface area contributed by atoms with E-state index in [1.165, 1.54) is 5.56 Å². The van der Waals surface area contributed by atoms with Crippen LogP contribution in [0.1, 0.15) is 18.5 Å². The molecular formula is C17H16BrN3. The maximum atomic E-state index is 6.26. The summed E-state index contributed by atoms with van der Waals surface area (Å²) in [7, 11) is 0. The number of nitrogens with zero attached hydrogens (tertiary/aromatic N) is 1. The molecule has 3 N–H and O–H groups in total. The number of anilines is 2. The second-order valence-electron chi connectivity index (χ2n) is 5.02. The van der Waals surface area contributed by atoms with Gasteiger partial charge in [0.1, 0.15) is 0 Å². The number of nitrogens with one attached hydrogen (secondary N) is 1. The number of hydrogen-bond donors (Lipinski definition) is 2. The fourth-order valence-electron chi connectivity index (χ4n) is 2.39. The van der Waals surface area contributed by atoms with Crippen molar-refractivity contribution in [2.75, 3.05) is 11.1 Å². The van der Waals surface area contributed by atoms with Gasteiger partial charge >= 0.3 is 0 Å². The number of pyridine rings is 1. The number of halogens is 1. The molecule has 1 heterocycles. The van der Waals surface area contributed by atoms with E-state index in [0.29, 0.717) is 0 Å². The van der Waals surface area contributed by atoms with Crippen LogP contribution in [0.5, 0.6) is 0 Å². The molecule has 0 amide bonds. The van der Waals surface area contributed by atoms with Gasteiger partial charge in [-0.25, -0.2) is 0 Å². The molecule has 0 aliphatic carbocycles. The Morgan fingerprint density at radius 1 is 1.14 bits per heavy atom. The third-order valence-corrected chi connectivity index (χ3v) is 4.04. The van der Waals surface area contributed by atoms with Crippen molar-refractivity contribution in [2.45, 2.75) is 13.0 Å². The molecule has 0 fully saturated rings. The molecule has 3 aromatic rings. The topological polar surface area (TPSA) is 50.9 Å². The number of aromatic nitrogens is 1. The standard InChI is InChI=1S/C17H16BrN3/c1-11(12-4-2-5-13(18)10-12)21-16-8-7-15-14(17(16)19)6-3-9-20-15/h2-11,21H,19H2,1H3. The Balaban J connectivity index is 1.93. The van der Waals surface area contributed by atoms with Crippen LogP contribution in [0, 0.1) is 0 Å². The highest BCUT2D eigenvalue weighted by Crippen LogP contribution is 2.30. The Kier molecular flexibility index (Phi) is 3.80. The van der Waals surface area contributed by atoms with Gasteiger partial charge in [-0.15, -0.1) is 0 Å². The van der Waals surface area contributed by atoms with Gasteiger partial charge in [0, 0.05) is 22.1 Å². The minimum absolute atomic E-state index is 0.166. The summed E-state index contributed by atoms with van der Waals surface area (Å²) < 4.78 is 1.07. The number of hydrogen-bond acceptors (Lipinski definition) is 3. The molecule has 2 aromatic carbocycles. The summed E-state index contributed by atoms with van der Waals surface area (Å²) in [6, 6.07) is 16.3. The lowest BCUT2D eigenvalue weighted by molar-refractivity contribution is 0.885. The highest BCUT2D eigenvalue weighted by molar-refractivity contribution is 9.10. The van der Waals surface area contributed by atoms with Crippen LogP contribution in [0.3, 0.4) is 0 Å². The fourth-order valence-corrected chi connectivity index (χ4v) is 2.81. The molecule has 1 atom stereocenters. The van der Waals surface area contributed by atoms with Crippen LogP contribution in [-0.2, 0) is 0 Å². The first-order chi connectivity index (χ1) is 10.1. The average Bonchev–Trinajstić information content (AvgIpc) is 2.50. The largest absolute Gasteiger partial charge is 0.397 e. The molecule has 0 aliphatic rings. The van der Waals surface area contributed by atoms with Gasteiger partial charge in [-0.2, -0.15) is 0 Å². The van der Waals surface area contributed by atoms with Crippen molar-refractivity contribution in [3.8, 4) is 0 Å². The summed E-state index contributed by atoms with van der Waals surface area (Å²) in [6.45, 7) is 2.12. The first-order valence-electron chi connectivity index (χ1n) is 6.80. The minimum atomic E-state index is 0.166. The van der Waals surface area contributed by atoms with Crippen molar-refractivity contribution < 1.29 is 0 Å². The van der Waals surface area contributed by atoms with Crippen LogP contribution in [0.4, 0.5) is 11.4 Å². The maximum Gasteiger partial charge on any atom is 0.0724 e. The summed E-state index contributed by atoms with van der Waals surface area (Å²) >= 11 is 3.50. The first-order valence-corrected chi connectivity index (χ1v) is 7.59. The Morgan fingerprint density at radius 2 is 2.00 bits per heavy atom. The van der Waals surface area contributed by atoms with E-state index in [9.17, 15) is 0 Å². The van der Waals surface area contributed by atoms with Crippen LogP contribution in [0.2, 0.25) is 0 Å². The predicted molar refractivity (Wildman–Crippen MR) is 92.3 cm³/mol. The second-order valence-corrected chi connectivity index (χ2v) is 5.93. The van der Waals surface area contributed by atoms with Crippen molar-refractivity contribution in [3.63, 3.8) is 0 Å². The van der Waals surface area contributed by atoms with Crippen LogP contribution < -0.4 is 11.1 Å².